The number of nitrogens with one attached hydrogen (secondary N) is 1. The largest absolute Gasteiger partial charge is 0.497 e. The van der Waals surface area contributed by atoms with Crippen molar-refractivity contribution in [1.82, 2.24) is 0 Å². The summed E-state index contributed by atoms with van der Waals surface area (Å²) in [5.74, 6) is 2.21. The van der Waals surface area contributed by atoms with Gasteiger partial charge in [0.25, 0.3) is 5.91 Å². The molecule has 0 aromatic heterocycles. The van der Waals surface area contributed by atoms with Crippen LogP contribution in [0.1, 0.15) is 13.8 Å². The van der Waals surface area contributed by atoms with Crippen molar-refractivity contribution in [3.05, 3.63) is 42.5 Å². The predicted molar refractivity (Wildman–Crippen MR) is 95.9 cm³/mol. The average molecular weight is 345 g/mol. The maximum Gasteiger partial charge on any atom is 0.262 e. The van der Waals surface area contributed by atoms with E-state index in [-0.39, 0.29) is 12.5 Å². The van der Waals surface area contributed by atoms with Crippen LogP contribution in [0, 0.1) is 0 Å². The zero-order valence-electron chi connectivity index (χ0n) is 14.7. The molecule has 0 saturated heterocycles. The lowest BCUT2D eigenvalue weighted by molar-refractivity contribution is -0.118. The summed E-state index contributed by atoms with van der Waals surface area (Å²) in [5.41, 5.74) is 0.617. The molecule has 0 atom stereocenters. The Balaban J connectivity index is 1.96. The Hall–Kier alpha value is -2.89. The van der Waals surface area contributed by atoms with E-state index in [1.165, 1.54) is 0 Å². The van der Waals surface area contributed by atoms with Crippen LogP contribution < -0.4 is 24.3 Å². The molecule has 0 bridgehead atoms. The topological polar surface area (TPSA) is 66.0 Å². The molecule has 2 aromatic carbocycles. The van der Waals surface area contributed by atoms with Gasteiger partial charge in [-0.2, -0.15) is 0 Å². The Morgan fingerprint density at radius 3 is 2.36 bits per heavy atom. The lowest BCUT2D eigenvalue weighted by Gasteiger charge is -2.13. The highest BCUT2D eigenvalue weighted by Crippen LogP contribution is 2.30. The average Bonchev–Trinajstić information content (AvgIpc) is 2.63. The van der Waals surface area contributed by atoms with Gasteiger partial charge in [-0.15, -0.1) is 0 Å². The molecule has 0 aliphatic rings. The molecule has 0 fully saturated rings. The molecule has 0 aliphatic carbocycles. The Labute approximate surface area is 147 Å². The summed E-state index contributed by atoms with van der Waals surface area (Å²) < 4.78 is 21.6. The molecule has 1 N–H and O–H groups in total. The van der Waals surface area contributed by atoms with Gasteiger partial charge in [0, 0.05) is 17.8 Å². The second-order valence-electron chi connectivity index (χ2n) is 5.04. The van der Waals surface area contributed by atoms with E-state index in [0.29, 0.717) is 41.9 Å². The van der Waals surface area contributed by atoms with Gasteiger partial charge in [-0.05, 0) is 38.1 Å². The van der Waals surface area contributed by atoms with Crippen LogP contribution in [0.5, 0.6) is 23.0 Å². The van der Waals surface area contributed by atoms with E-state index in [4.69, 9.17) is 18.9 Å². The van der Waals surface area contributed by atoms with E-state index in [1.807, 2.05) is 19.9 Å². The van der Waals surface area contributed by atoms with Crippen LogP contribution in [-0.2, 0) is 4.79 Å². The minimum atomic E-state index is -0.269. The van der Waals surface area contributed by atoms with Crippen LogP contribution in [0.15, 0.2) is 42.5 Å². The number of methoxy groups -OCH3 is 1. The number of benzene rings is 2. The van der Waals surface area contributed by atoms with Gasteiger partial charge in [-0.25, -0.2) is 0 Å². The second kappa shape index (κ2) is 9.42. The molecule has 1 amide bonds. The van der Waals surface area contributed by atoms with E-state index < -0.39 is 0 Å². The SMILES string of the molecule is CCOc1ccc(NC(=O)COc2cccc(OC)c2)cc1OCC. The Morgan fingerprint density at radius 1 is 0.920 bits per heavy atom. The smallest absolute Gasteiger partial charge is 0.262 e. The fourth-order valence-corrected chi connectivity index (χ4v) is 2.17. The van der Waals surface area contributed by atoms with E-state index in [1.54, 1.807) is 43.5 Å². The molecule has 0 radical (unpaired) electrons. The Bertz CT molecular complexity index is 702. The van der Waals surface area contributed by atoms with Crippen LogP contribution in [0.4, 0.5) is 5.69 Å². The highest BCUT2D eigenvalue weighted by Gasteiger charge is 2.09. The Kier molecular flexibility index (Phi) is 6.95. The van der Waals surface area contributed by atoms with Gasteiger partial charge in [-0.3, -0.25) is 4.79 Å². The summed E-state index contributed by atoms with van der Waals surface area (Å²) >= 11 is 0. The van der Waals surface area contributed by atoms with Crippen molar-refractivity contribution >= 4 is 11.6 Å². The summed E-state index contributed by atoms with van der Waals surface area (Å²) in [7, 11) is 1.58. The van der Waals surface area contributed by atoms with Crippen LogP contribution >= 0.6 is 0 Å². The number of anilines is 1. The highest BCUT2D eigenvalue weighted by atomic mass is 16.5. The van der Waals surface area contributed by atoms with E-state index >= 15 is 0 Å². The highest BCUT2D eigenvalue weighted by molar-refractivity contribution is 5.92. The number of rotatable bonds is 9. The summed E-state index contributed by atoms with van der Waals surface area (Å²) in [6, 6.07) is 12.4. The molecule has 0 aliphatic heterocycles. The van der Waals surface area contributed by atoms with Gasteiger partial charge in [0.15, 0.2) is 18.1 Å². The van der Waals surface area contributed by atoms with Crippen molar-refractivity contribution < 1.29 is 23.7 Å². The molecule has 2 rings (SSSR count). The third-order valence-electron chi connectivity index (χ3n) is 3.24. The minimum Gasteiger partial charge on any atom is -0.497 e. The van der Waals surface area contributed by atoms with Crippen LogP contribution in [0.2, 0.25) is 0 Å². The summed E-state index contributed by atoms with van der Waals surface area (Å²) in [6.45, 7) is 4.74. The van der Waals surface area contributed by atoms with E-state index in [0.717, 1.165) is 0 Å². The normalized spacial score (nSPS) is 10.0. The number of amides is 1. The molecule has 2 aromatic rings. The number of hydrogen-bond donors (Lipinski definition) is 1. The van der Waals surface area contributed by atoms with Gasteiger partial charge in [0.2, 0.25) is 0 Å². The van der Waals surface area contributed by atoms with Crippen LogP contribution in [-0.4, -0.2) is 32.8 Å². The van der Waals surface area contributed by atoms with Gasteiger partial charge >= 0.3 is 0 Å². The number of hydrogen-bond acceptors (Lipinski definition) is 5. The van der Waals surface area contributed by atoms with Gasteiger partial charge < -0.3 is 24.3 Å². The summed E-state index contributed by atoms with van der Waals surface area (Å²) in [5, 5.41) is 2.78. The molecule has 0 spiro atoms. The summed E-state index contributed by atoms with van der Waals surface area (Å²) in [4.78, 5) is 12.1. The molecule has 134 valence electrons. The lowest BCUT2D eigenvalue weighted by atomic mass is 10.2. The predicted octanol–water partition coefficient (Wildman–Crippen LogP) is 3.51. The third-order valence-corrected chi connectivity index (χ3v) is 3.24. The molecular formula is C19H23NO5. The first kappa shape index (κ1) is 18.4. The van der Waals surface area contributed by atoms with Crippen molar-refractivity contribution in [3.63, 3.8) is 0 Å². The summed E-state index contributed by atoms with van der Waals surface area (Å²) in [6.07, 6.45) is 0. The maximum absolute atomic E-state index is 12.1. The van der Waals surface area contributed by atoms with Crippen molar-refractivity contribution in [2.75, 3.05) is 32.2 Å². The van der Waals surface area contributed by atoms with Crippen molar-refractivity contribution in [2.45, 2.75) is 13.8 Å². The fourth-order valence-electron chi connectivity index (χ4n) is 2.17. The zero-order chi connectivity index (χ0) is 18.1. The first-order chi connectivity index (χ1) is 12.2. The van der Waals surface area contributed by atoms with Gasteiger partial charge in [0.1, 0.15) is 11.5 Å². The van der Waals surface area contributed by atoms with Crippen molar-refractivity contribution in [3.8, 4) is 23.0 Å². The lowest BCUT2D eigenvalue weighted by Crippen LogP contribution is -2.20. The molecule has 0 heterocycles. The minimum absolute atomic E-state index is 0.107. The number of ether oxygens (including phenoxy) is 4. The van der Waals surface area contributed by atoms with Crippen molar-refractivity contribution in [1.29, 1.82) is 0 Å². The van der Waals surface area contributed by atoms with Gasteiger partial charge in [-0.1, -0.05) is 6.07 Å². The molecule has 0 unspecified atom stereocenters. The van der Waals surface area contributed by atoms with Crippen LogP contribution in [0.25, 0.3) is 0 Å². The molecule has 0 saturated carbocycles. The monoisotopic (exact) mass is 345 g/mol. The van der Waals surface area contributed by atoms with Crippen molar-refractivity contribution in [2.24, 2.45) is 0 Å². The molecule has 25 heavy (non-hydrogen) atoms. The quantitative estimate of drug-likeness (QED) is 0.753. The first-order valence-electron chi connectivity index (χ1n) is 8.12. The number of carbonyl (C=O) groups is 1. The number of carbonyl (C=O) groups excluding carboxylic acids is 1. The maximum atomic E-state index is 12.1. The molecule has 6 heteroatoms. The van der Waals surface area contributed by atoms with Gasteiger partial charge in [0.05, 0.1) is 20.3 Å². The second-order valence-corrected chi connectivity index (χ2v) is 5.04. The molecular weight excluding hydrogens is 322 g/mol. The van der Waals surface area contributed by atoms with E-state index in [9.17, 15) is 4.79 Å². The molecule has 6 nitrogen and oxygen atoms in total. The Morgan fingerprint density at radius 2 is 1.64 bits per heavy atom. The third kappa shape index (κ3) is 5.60. The van der Waals surface area contributed by atoms with Crippen LogP contribution in [0.3, 0.4) is 0 Å². The zero-order valence-corrected chi connectivity index (χ0v) is 14.7. The fraction of sp³-hybridized carbons (Fsp3) is 0.316. The standard InChI is InChI=1S/C19H23NO5/c1-4-23-17-10-9-14(11-18(17)24-5-2)20-19(21)13-25-16-8-6-7-15(12-16)22-3/h6-12H,4-5,13H2,1-3H3,(H,20,21). The first-order valence-corrected chi connectivity index (χ1v) is 8.12. The van der Waals surface area contributed by atoms with E-state index in [2.05, 4.69) is 5.32 Å².